The molecule has 0 spiro atoms. The molecular weight excluding hydrogens is 385 g/mol. The van der Waals surface area contributed by atoms with Gasteiger partial charge in [0.2, 0.25) is 21.7 Å². The van der Waals surface area contributed by atoms with Crippen molar-refractivity contribution in [1.29, 1.82) is 0 Å². The summed E-state index contributed by atoms with van der Waals surface area (Å²) in [6.07, 6.45) is 0. The lowest BCUT2D eigenvalue weighted by Gasteiger charge is -2.04. The van der Waals surface area contributed by atoms with Gasteiger partial charge in [-0.3, -0.25) is 0 Å². The first-order valence-corrected chi connectivity index (χ1v) is 9.62. The van der Waals surface area contributed by atoms with Crippen molar-refractivity contribution < 1.29 is 12.9 Å². The van der Waals surface area contributed by atoms with Gasteiger partial charge in [-0.15, -0.1) is 0 Å². The van der Waals surface area contributed by atoms with Crippen molar-refractivity contribution >= 4 is 33.2 Å². The van der Waals surface area contributed by atoms with Crippen molar-refractivity contribution in [3.05, 3.63) is 70.0 Å². The Morgan fingerprint density at radius 1 is 1.04 bits per heavy atom. The van der Waals surface area contributed by atoms with Crippen LogP contribution in [-0.4, -0.2) is 18.6 Å². The number of halogens is 2. The molecule has 0 aliphatic carbocycles. The predicted molar refractivity (Wildman–Crippen MR) is 95.7 cm³/mol. The normalized spacial score (nSPS) is 11.6. The molecule has 0 aliphatic heterocycles. The van der Waals surface area contributed by atoms with E-state index in [4.69, 9.17) is 27.7 Å². The Morgan fingerprint density at radius 2 is 1.80 bits per heavy atom. The van der Waals surface area contributed by atoms with Crippen molar-refractivity contribution in [2.45, 2.75) is 12.3 Å². The maximum absolute atomic E-state index is 12.1. The van der Waals surface area contributed by atoms with E-state index in [1.807, 2.05) is 0 Å². The topological polar surface area (TPSA) is 85.1 Å². The second kappa shape index (κ2) is 7.53. The van der Waals surface area contributed by atoms with Gasteiger partial charge in [-0.2, -0.15) is 4.98 Å². The molecule has 0 radical (unpaired) electrons. The molecule has 3 aromatic rings. The number of benzene rings is 2. The molecule has 3 rings (SSSR count). The van der Waals surface area contributed by atoms with Crippen LogP contribution in [0.1, 0.15) is 11.5 Å². The summed E-state index contributed by atoms with van der Waals surface area (Å²) in [5.41, 5.74) is 1.31. The van der Waals surface area contributed by atoms with Crippen LogP contribution in [0.15, 0.2) is 53.1 Å². The van der Waals surface area contributed by atoms with Crippen LogP contribution < -0.4 is 4.72 Å². The molecule has 2 aromatic carbocycles. The lowest BCUT2D eigenvalue weighted by molar-refractivity contribution is 0.376. The minimum Gasteiger partial charge on any atom is -0.338 e. The van der Waals surface area contributed by atoms with E-state index in [1.165, 1.54) is 0 Å². The fraction of sp³-hybridized carbons (Fsp3) is 0.125. The molecule has 0 atom stereocenters. The van der Waals surface area contributed by atoms with E-state index in [-0.39, 0.29) is 18.2 Å². The van der Waals surface area contributed by atoms with E-state index >= 15 is 0 Å². The average molecular weight is 398 g/mol. The third kappa shape index (κ3) is 5.02. The average Bonchev–Trinajstić information content (AvgIpc) is 3.04. The Hall–Kier alpha value is -1.93. The Balaban J connectivity index is 1.64. The second-order valence-electron chi connectivity index (χ2n) is 5.23. The summed E-state index contributed by atoms with van der Waals surface area (Å²) >= 11 is 11.7. The summed E-state index contributed by atoms with van der Waals surface area (Å²) in [4.78, 5) is 4.16. The van der Waals surface area contributed by atoms with E-state index in [0.717, 1.165) is 0 Å². The van der Waals surface area contributed by atoms with Gasteiger partial charge in [0.1, 0.15) is 0 Å². The van der Waals surface area contributed by atoms with E-state index < -0.39 is 10.0 Å². The van der Waals surface area contributed by atoms with E-state index in [1.54, 1.807) is 48.5 Å². The minimum atomic E-state index is -3.55. The van der Waals surface area contributed by atoms with Gasteiger partial charge in [0.25, 0.3) is 0 Å². The number of hydrogen-bond donors (Lipinski definition) is 1. The van der Waals surface area contributed by atoms with Crippen LogP contribution in [0.3, 0.4) is 0 Å². The predicted octanol–water partition coefficient (Wildman–Crippen LogP) is 3.66. The number of nitrogens with zero attached hydrogens (tertiary/aromatic N) is 2. The molecule has 6 nitrogen and oxygen atoms in total. The number of aromatic nitrogens is 2. The van der Waals surface area contributed by atoms with E-state index in [2.05, 4.69) is 14.9 Å². The molecular formula is C16H13Cl2N3O3S. The molecule has 25 heavy (non-hydrogen) atoms. The minimum absolute atomic E-state index is 0.0938. The number of sulfonamides is 1. The van der Waals surface area contributed by atoms with Gasteiger partial charge in [0.05, 0.1) is 12.3 Å². The monoisotopic (exact) mass is 397 g/mol. The van der Waals surface area contributed by atoms with Gasteiger partial charge < -0.3 is 4.52 Å². The summed E-state index contributed by atoms with van der Waals surface area (Å²) in [7, 11) is -3.55. The summed E-state index contributed by atoms with van der Waals surface area (Å²) in [6, 6.07) is 13.6. The molecule has 1 N–H and O–H groups in total. The van der Waals surface area contributed by atoms with Crippen molar-refractivity contribution in [3.8, 4) is 11.4 Å². The fourth-order valence-electron chi connectivity index (χ4n) is 2.09. The van der Waals surface area contributed by atoms with Gasteiger partial charge in [-0.05, 0) is 29.8 Å². The third-order valence-electron chi connectivity index (χ3n) is 3.26. The first-order chi connectivity index (χ1) is 11.9. The van der Waals surface area contributed by atoms with Crippen LogP contribution in [0.25, 0.3) is 11.4 Å². The van der Waals surface area contributed by atoms with E-state index in [0.29, 0.717) is 27.0 Å². The standard InChI is InChI=1S/C16H13Cl2N3O3S/c17-13-6-4-11(5-7-13)10-25(22,23)19-9-15-20-16(21-24-15)12-2-1-3-14(18)8-12/h1-8,19H,9-10H2. The summed E-state index contributed by atoms with van der Waals surface area (Å²) < 4.78 is 31.8. The van der Waals surface area contributed by atoms with Crippen LogP contribution in [0, 0.1) is 0 Å². The molecule has 0 fully saturated rings. The molecule has 1 heterocycles. The van der Waals surface area contributed by atoms with Crippen LogP contribution in [0.5, 0.6) is 0 Å². The number of hydrogen-bond acceptors (Lipinski definition) is 5. The largest absolute Gasteiger partial charge is 0.338 e. The summed E-state index contributed by atoms with van der Waals surface area (Å²) in [5, 5.41) is 4.93. The van der Waals surface area contributed by atoms with Gasteiger partial charge in [-0.25, -0.2) is 13.1 Å². The fourth-order valence-corrected chi connectivity index (χ4v) is 3.49. The lowest BCUT2D eigenvalue weighted by atomic mass is 10.2. The molecule has 0 saturated carbocycles. The third-order valence-corrected chi connectivity index (χ3v) is 5.05. The zero-order chi connectivity index (χ0) is 17.9. The van der Waals surface area contributed by atoms with Crippen molar-refractivity contribution in [1.82, 2.24) is 14.9 Å². The molecule has 0 saturated heterocycles. The Kier molecular flexibility index (Phi) is 5.39. The highest BCUT2D eigenvalue weighted by Crippen LogP contribution is 2.20. The first kappa shape index (κ1) is 17.9. The molecule has 1 aromatic heterocycles. The van der Waals surface area contributed by atoms with Crippen LogP contribution in [-0.2, 0) is 22.3 Å². The van der Waals surface area contributed by atoms with Gasteiger partial charge in [-0.1, -0.05) is 52.6 Å². The first-order valence-electron chi connectivity index (χ1n) is 7.22. The highest BCUT2D eigenvalue weighted by molar-refractivity contribution is 7.88. The zero-order valence-electron chi connectivity index (χ0n) is 12.8. The number of nitrogens with one attached hydrogen (secondary N) is 1. The van der Waals surface area contributed by atoms with E-state index in [9.17, 15) is 8.42 Å². The Labute approximate surface area is 154 Å². The van der Waals surface area contributed by atoms with Crippen molar-refractivity contribution in [2.24, 2.45) is 0 Å². The molecule has 0 aliphatic rings. The SMILES string of the molecule is O=S(=O)(Cc1ccc(Cl)cc1)NCc1nc(-c2cccc(Cl)c2)no1. The molecule has 130 valence electrons. The van der Waals surface area contributed by atoms with Crippen molar-refractivity contribution in [3.63, 3.8) is 0 Å². The summed E-state index contributed by atoms with van der Waals surface area (Å²) in [6.45, 7) is -0.0938. The lowest BCUT2D eigenvalue weighted by Crippen LogP contribution is -2.24. The van der Waals surface area contributed by atoms with Gasteiger partial charge >= 0.3 is 0 Å². The Morgan fingerprint density at radius 3 is 2.52 bits per heavy atom. The zero-order valence-corrected chi connectivity index (χ0v) is 15.1. The van der Waals surface area contributed by atoms with Crippen molar-refractivity contribution in [2.75, 3.05) is 0 Å². The van der Waals surface area contributed by atoms with Crippen LogP contribution in [0.4, 0.5) is 0 Å². The van der Waals surface area contributed by atoms with Crippen LogP contribution >= 0.6 is 23.2 Å². The highest BCUT2D eigenvalue weighted by Gasteiger charge is 2.15. The number of rotatable bonds is 6. The molecule has 9 heteroatoms. The molecule has 0 unspecified atom stereocenters. The van der Waals surface area contributed by atoms with Gasteiger partial charge in [0.15, 0.2) is 0 Å². The summed E-state index contributed by atoms with van der Waals surface area (Å²) in [5.74, 6) is 0.337. The second-order valence-corrected chi connectivity index (χ2v) is 7.91. The molecule has 0 bridgehead atoms. The quantitative estimate of drug-likeness (QED) is 0.685. The highest BCUT2D eigenvalue weighted by atomic mass is 35.5. The smallest absolute Gasteiger partial charge is 0.242 e. The Bertz CT molecular complexity index is 972. The van der Waals surface area contributed by atoms with Gasteiger partial charge in [0, 0.05) is 15.6 Å². The van der Waals surface area contributed by atoms with Crippen LogP contribution in [0.2, 0.25) is 10.0 Å². The maximum Gasteiger partial charge on any atom is 0.242 e. The maximum atomic E-state index is 12.1. The molecule has 0 amide bonds.